The first-order valence-corrected chi connectivity index (χ1v) is 11.1. The number of halogens is 3. The molecule has 1 amide bonds. The molecule has 1 saturated carbocycles. The third-order valence-corrected chi connectivity index (χ3v) is 7.91. The molecule has 1 aromatic rings. The van der Waals surface area contributed by atoms with Gasteiger partial charge in [0.2, 0.25) is 10.0 Å². The summed E-state index contributed by atoms with van der Waals surface area (Å²) in [5, 5.41) is 8.01. The first kappa shape index (κ1) is 21.1. The maximum absolute atomic E-state index is 12.8. The highest BCUT2D eigenvalue weighted by Crippen LogP contribution is 2.32. The van der Waals surface area contributed by atoms with Crippen LogP contribution in [0.4, 0.5) is 13.2 Å². The van der Waals surface area contributed by atoms with Gasteiger partial charge in [-0.15, -0.1) is 0 Å². The molecule has 158 valence electrons. The number of amides is 1. The third kappa shape index (κ3) is 5.05. The smallest absolute Gasteiger partial charge is 0.342 e. The molecular weight excluding hydrogens is 397 g/mol. The van der Waals surface area contributed by atoms with Crippen LogP contribution in [0.25, 0.3) is 0 Å². The van der Waals surface area contributed by atoms with E-state index in [-0.39, 0.29) is 16.9 Å². The molecule has 1 saturated heterocycles. The van der Waals surface area contributed by atoms with Crippen molar-refractivity contribution in [2.75, 3.05) is 19.6 Å². The lowest BCUT2D eigenvalue weighted by molar-refractivity contribution is -0.123. The molecule has 7 nitrogen and oxygen atoms in total. The summed E-state index contributed by atoms with van der Waals surface area (Å²) in [4.78, 5) is 11.8. The molecule has 0 radical (unpaired) electrons. The van der Waals surface area contributed by atoms with Gasteiger partial charge in [0.25, 0.3) is 5.91 Å². The second-order valence-electron chi connectivity index (χ2n) is 7.48. The molecule has 1 aliphatic carbocycles. The molecule has 1 aromatic heterocycles. The average molecular weight is 422 g/mol. The second kappa shape index (κ2) is 8.40. The van der Waals surface area contributed by atoms with Crippen LogP contribution in [0.3, 0.4) is 0 Å². The molecule has 0 atom stereocenters. The Balaban J connectivity index is 1.55. The monoisotopic (exact) mass is 422 g/mol. The molecule has 11 heteroatoms. The molecular formula is C17H25F3N4O3S. The Morgan fingerprint density at radius 3 is 2.43 bits per heavy atom. The topological polar surface area (TPSA) is 95.2 Å². The Bertz CT molecular complexity index is 780. The number of rotatable bonds is 5. The fourth-order valence-corrected chi connectivity index (χ4v) is 6.00. The van der Waals surface area contributed by atoms with E-state index in [1.54, 1.807) is 9.62 Å². The summed E-state index contributed by atoms with van der Waals surface area (Å²) in [5.41, 5.74) is 0.545. The highest BCUT2D eigenvalue weighted by molar-refractivity contribution is 7.89. The van der Waals surface area contributed by atoms with Gasteiger partial charge in [-0.25, -0.2) is 12.7 Å². The number of H-pyrrole nitrogens is 1. The lowest BCUT2D eigenvalue weighted by Crippen LogP contribution is -2.43. The van der Waals surface area contributed by atoms with Crippen molar-refractivity contribution in [1.82, 2.24) is 19.8 Å². The number of carbonyl (C=O) groups is 1. The van der Waals surface area contributed by atoms with E-state index < -0.39 is 28.7 Å². The van der Waals surface area contributed by atoms with Crippen LogP contribution in [0.2, 0.25) is 0 Å². The van der Waals surface area contributed by atoms with Crippen molar-refractivity contribution in [3.8, 4) is 0 Å². The van der Waals surface area contributed by atoms with E-state index in [0.29, 0.717) is 31.6 Å². The molecule has 0 spiro atoms. The van der Waals surface area contributed by atoms with E-state index in [9.17, 15) is 26.4 Å². The molecule has 2 N–H and O–H groups in total. The van der Waals surface area contributed by atoms with Crippen molar-refractivity contribution in [3.63, 3.8) is 0 Å². The van der Waals surface area contributed by atoms with Gasteiger partial charge in [-0.3, -0.25) is 9.89 Å². The Morgan fingerprint density at radius 1 is 1.18 bits per heavy atom. The zero-order valence-electron chi connectivity index (χ0n) is 15.5. The largest absolute Gasteiger partial charge is 0.405 e. The molecule has 0 bridgehead atoms. The number of nitrogens with zero attached hydrogens (tertiary/aromatic N) is 2. The number of piperidine rings is 1. The van der Waals surface area contributed by atoms with Gasteiger partial charge >= 0.3 is 6.18 Å². The van der Waals surface area contributed by atoms with E-state index in [0.717, 1.165) is 32.1 Å². The van der Waals surface area contributed by atoms with Crippen LogP contribution in [0.5, 0.6) is 0 Å². The Labute approximate surface area is 162 Å². The van der Waals surface area contributed by atoms with Crippen molar-refractivity contribution in [3.05, 3.63) is 17.5 Å². The zero-order chi connectivity index (χ0) is 20.4. The van der Waals surface area contributed by atoms with Gasteiger partial charge in [0, 0.05) is 24.7 Å². The number of hydrogen-bond donors (Lipinski definition) is 2. The number of carbonyl (C=O) groups excluding carboxylic acids is 1. The Kier molecular flexibility index (Phi) is 6.33. The van der Waals surface area contributed by atoms with Gasteiger partial charge < -0.3 is 5.32 Å². The van der Waals surface area contributed by atoms with Crippen LogP contribution in [-0.4, -0.2) is 59.9 Å². The van der Waals surface area contributed by atoms with E-state index in [2.05, 4.69) is 10.2 Å². The van der Waals surface area contributed by atoms with Crippen LogP contribution in [0.15, 0.2) is 6.07 Å². The highest BCUT2D eigenvalue weighted by atomic mass is 32.2. The van der Waals surface area contributed by atoms with Crippen LogP contribution in [0, 0.1) is 0 Å². The van der Waals surface area contributed by atoms with Crippen LogP contribution in [0.1, 0.15) is 67.0 Å². The van der Waals surface area contributed by atoms with Gasteiger partial charge in [-0.1, -0.05) is 19.3 Å². The second-order valence-corrected chi connectivity index (χ2v) is 9.70. The lowest BCUT2D eigenvalue weighted by Gasteiger charge is -2.34. The number of aromatic amines is 1. The number of nitrogens with one attached hydrogen (secondary N) is 2. The first-order valence-electron chi connectivity index (χ1n) is 9.56. The minimum Gasteiger partial charge on any atom is -0.342 e. The quantitative estimate of drug-likeness (QED) is 0.762. The number of alkyl halides is 3. The SMILES string of the molecule is O=C(NCC(F)(F)F)c1cc(C2CCN(S(=O)(=O)C3CCCCC3)CC2)[nH]n1. The zero-order valence-corrected chi connectivity index (χ0v) is 16.3. The fourth-order valence-electron chi connectivity index (χ4n) is 3.93. The molecule has 0 unspecified atom stereocenters. The number of aromatic nitrogens is 2. The normalized spacial score (nSPS) is 21.0. The Hall–Kier alpha value is -1.62. The van der Waals surface area contributed by atoms with Gasteiger partial charge in [-0.2, -0.15) is 18.3 Å². The van der Waals surface area contributed by atoms with Crippen molar-refractivity contribution in [2.24, 2.45) is 0 Å². The van der Waals surface area contributed by atoms with Gasteiger partial charge in [0.1, 0.15) is 12.2 Å². The molecule has 2 fully saturated rings. The minimum atomic E-state index is -4.48. The maximum atomic E-state index is 12.8. The molecule has 2 aliphatic rings. The maximum Gasteiger partial charge on any atom is 0.405 e. The summed E-state index contributed by atoms with van der Waals surface area (Å²) >= 11 is 0. The van der Waals surface area contributed by atoms with Crippen LogP contribution < -0.4 is 5.32 Å². The standard InChI is InChI=1S/C17H25F3N4O3S/c18-17(19,20)11-21-16(25)15-10-14(22-23-15)12-6-8-24(9-7-12)28(26,27)13-4-2-1-3-5-13/h10,12-13H,1-9,11H2,(H,21,25)(H,22,23). The first-order chi connectivity index (χ1) is 13.2. The van der Waals surface area contributed by atoms with Gasteiger partial charge in [0.15, 0.2) is 0 Å². The fraction of sp³-hybridized carbons (Fsp3) is 0.765. The summed E-state index contributed by atoms with van der Waals surface area (Å²) < 4.78 is 63.7. The molecule has 0 aromatic carbocycles. The minimum absolute atomic E-state index is 0.00512. The van der Waals surface area contributed by atoms with E-state index in [1.165, 1.54) is 6.07 Å². The molecule has 1 aliphatic heterocycles. The van der Waals surface area contributed by atoms with E-state index in [4.69, 9.17) is 0 Å². The average Bonchev–Trinajstić information content (AvgIpc) is 3.16. The van der Waals surface area contributed by atoms with Crippen LogP contribution >= 0.6 is 0 Å². The van der Waals surface area contributed by atoms with Crippen molar-refractivity contribution < 1.29 is 26.4 Å². The predicted molar refractivity (Wildman–Crippen MR) is 96.3 cm³/mol. The summed E-state index contributed by atoms with van der Waals surface area (Å²) in [6, 6.07) is 1.45. The van der Waals surface area contributed by atoms with Crippen molar-refractivity contribution in [1.29, 1.82) is 0 Å². The number of hydrogen-bond acceptors (Lipinski definition) is 4. The van der Waals surface area contributed by atoms with Crippen LogP contribution in [-0.2, 0) is 10.0 Å². The summed E-state index contributed by atoms with van der Waals surface area (Å²) in [6.45, 7) is -0.609. The van der Waals surface area contributed by atoms with Crippen molar-refractivity contribution >= 4 is 15.9 Å². The molecule has 3 rings (SSSR count). The number of sulfonamides is 1. The predicted octanol–water partition coefficient (Wildman–Crippen LogP) is 2.54. The van der Waals surface area contributed by atoms with E-state index in [1.807, 2.05) is 0 Å². The van der Waals surface area contributed by atoms with Gasteiger partial charge in [0.05, 0.1) is 5.25 Å². The highest BCUT2D eigenvalue weighted by Gasteiger charge is 2.36. The Morgan fingerprint density at radius 2 is 1.82 bits per heavy atom. The van der Waals surface area contributed by atoms with E-state index >= 15 is 0 Å². The summed E-state index contributed by atoms with van der Waals surface area (Å²) in [5.74, 6) is -0.897. The molecule has 28 heavy (non-hydrogen) atoms. The third-order valence-electron chi connectivity index (χ3n) is 5.51. The van der Waals surface area contributed by atoms with Crippen molar-refractivity contribution in [2.45, 2.75) is 62.3 Å². The lowest BCUT2D eigenvalue weighted by atomic mass is 9.94. The summed E-state index contributed by atoms with van der Waals surface area (Å²) in [7, 11) is -3.28. The summed E-state index contributed by atoms with van der Waals surface area (Å²) in [6.07, 6.45) is 1.12. The van der Waals surface area contributed by atoms with Gasteiger partial charge in [-0.05, 0) is 31.7 Å². The molecule has 2 heterocycles.